The summed E-state index contributed by atoms with van der Waals surface area (Å²) in [5.74, 6) is 0. The minimum atomic E-state index is 0. The third-order valence-electron chi connectivity index (χ3n) is 0. The molecule has 0 heterocycles. The first-order chi connectivity index (χ1) is 0. The Bertz CT molecular complexity index is 6.04. The van der Waals surface area contributed by atoms with Crippen molar-refractivity contribution < 1.29 is 87.3 Å². The second-order valence-electron chi connectivity index (χ2n) is 0. The molecule has 7 heavy (non-hydrogen) atoms. The Morgan fingerprint density at radius 3 is 0.286 bits per heavy atom. The van der Waals surface area contributed by atoms with Crippen LogP contribution in [0.2, 0.25) is 0 Å². The van der Waals surface area contributed by atoms with Crippen molar-refractivity contribution in [1.82, 2.24) is 0 Å². The number of rotatable bonds is 0. The van der Waals surface area contributed by atoms with Crippen LogP contribution < -0.4 is 0 Å². The van der Waals surface area contributed by atoms with Crippen molar-refractivity contribution in [1.29, 1.82) is 0 Å². The molecule has 0 aliphatic carbocycles. The first-order valence-electron chi connectivity index (χ1n) is 0. The minimum Gasteiger partial charge on any atom is -2.00 e. The fraction of sp³-hybridized carbons (Fsp3) is 0. The molecular formula is Np2O5. The maximum Gasteiger partial charge on any atom is 5.00 e. The Kier molecular flexibility index (Phi) is 2530. The summed E-state index contributed by atoms with van der Waals surface area (Å²) in [6.07, 6.45) is 0. The molecule has 0 atom stereocenters. The second-order valence-corrected chi connectivity index (χ2v) is 0. The first-order valence-corrected chi connectivity index (χ1v) is 0. The van der Waals surface area contributed by atoms with Crippen LogP contribution in [0.3, 0.4) is 0 Å². The van der Waals surface area contributed by atoms with Gasteiger partial charge < -0.3 is 27.4 Å². The fourth-order valence-corrected chi connectivity index (χ4v) is 0. The predicted octanol–water partition coefficient (Wildman–Crippen LogP) is -0.594. The van der Waals surface area contributed by atoms with E-state index in [1.54, 1.807) is 0 Å². The van der Waals surface area contributed by atoms with Crippen LogP contribution in [0.1, 0.15) is 0 Å². The van der Waals surface area contributed by atoms with E-state index in [1.807, 2.05) is 0 Å². The van der Waals surface area contributed by atoms with Crippen molar-refractivity contribution in [3.05, 3.63) is 0 Å². The third kappa shape index (κ3) is 79.7. The quantitative estimate of drug-likeness (QED) is 0.378. The molecular weight excluding hydrogens is 554 g/mol. The molecule has 0 N–H and O–H groups in total. The Balaban J connectivity index is 0. The summed E-state index contributed by atoms with van der Waals surface area (Å²) in [6, 6.07) is 0. The van der Waals surface area contributed by atoms with Crippen molar-refractivity contribution in [2.24, 2.45) is 0 Å². The summed E-state index contributed by atoms with van der Waals surface area (Å²) in [7, 11) is 0. The Hall–Kier alpha value is 1.83. The third-order valence-corrected chi connectivity index (χ3v) is 0. The van der Waals surface area contributed by atoms with Crippen molar-refractivity contribution in [3.63, 3.8) is 0 Å². The van der Waals surface area contributed by atoms with E-state index < -0.39 is 0 Å². The zero-order chi connectivity index (χ0) is 0. The molecule has 0 aromatic rings. The molecule has 0 radical (unpaired) electrons. The molecule has 0 amide bonds. The average molecular weight is 554 g/mol. The summed E-state index contributed by atoms with van der Waals surface area (Å²) in [4.78, 5) is 0. The van der Waals surface area contributed by atoms with E-state index in [0.29, 0.717) is 0 Å². The molecule has 0 bridgehead atoms. The second kappa shape index (κ2) is 109. The van der Waals surface area contributed by atoms with Crippen LogP contribution in [-0.2, 0) is 27.4 Å². The summed E-state index contributed by atoms with van der Waals surface area (Å²) < 4.78 is 0. The van der Waals surface area contributed by atoms with E-state index in [4.69, 9.17) is 0 Å². The van der Waals surface area contributed by atoms with Gasteiger partial charge in [-0.15, -0.1) is 0 Å². The molecule has 0 aliphatic heterocycles. The standard InChI is InChI=1S/2Np.5O/q2*+5;5*-2. The summed E-state index contributed by atoms with van der Waals surface area (Å²) in [5.41, 5.74) is 0. The zero-order valence-corrected chi connectivity index (χ0v) is 10.4. The van der Waals surface area contributed by atoms with Crippen molar-refractivity contribution in [2.75, 3.05) is 0 Å². The van der Waals surface area contributed by atoms with Crippen LogP contribution in [-0.4, -0.2) is 0 Å². The molecule has 0 aromatic carbocycles. The molecule has 0 aromatic heterocycles. The largest absolute Gasteiger partial charge is 5.00 e. The van der Waals surface area contributed by atoms with E-state index >= 15 is 0 Å². The van der Waals surface area contributed by atoms with Gasteiger partial charge in [0.05, 0.1) is 0 Å². The van der Waals surface area contributed by atoms with Crippen LogP contribution in [0.4, 0.5) is 0 Å². The van der Waals surface area contributed by atoms with Crippen molar-refractivity contribution in [2.45, 2.75) is 0 Å². The minimum absolute atomic E-state index is 0. The topological polar surface area (TPSA) is 142 Å². The van der Waals surface area contributed by atoms with Crippen LogP contribution >= 0.6 is 0 Å². The van der Waals surface area contributed by atoms with Crippen LogP contribution in [0.5, 0.6) is 0 Å². The van der Waals surface area contributed by atoms with Gasteiger partial charge in [0, 0.05) is 0 Å². The summed E-state index contributed by atoms with van der Waals surface area (Å²) in [5, 5.41) is 0. The van der Waals surface area contributed by atoms with Crippen LogP contribution in [0.25, 0.3) is 0 Å². The van der Waals surface area contributed by atoms with E-state index in [1.165, 1.54) is 0 Å². The van der Waals surface area contributed by atoms with E-state index in [2.05, 4.69) is 0 Å². The SMILES string of the molecule is [Np+5].[Np+5].[O-2].[O-2].[O-2].[O-2].[O-2]. The summed E-state index contributed by atoms with van der Waals surface area (Å²) >= 11 is 0. The molecule has 0 rings (SSSR count). The number of hydrogen-bond acceptors (Lipinski definition) is 0. The van der Waals surface area contributed by atoms with Gasteiger partial charge in [-0.1, -0.05) is 0 Å². The molecule has 7 heteroatoms. The van der Waals surface area contributed by atoms with Crippen LogP contribution in [0.15, 0.2) is 0 Å². The Morgan fingerprint density at radius 1 is 0.286 bits per heavy atom. The molecule has 40 valence electrons. The molecule has 0 aliphatic rings. The maximum absolute atomic E-state index is 0. The predicted molar refractivity (Wildman–Crippen MR) is 3.43 cm³/mol. The Labute approximate surface area is 86.3 Å². The van der Waals surface area contributed by atoms with Crippen LogP contribution in [0, 0.1) is 59.9 Å². The number of hydrogen-bond donors (Lipinski definition) is 0. The van der Waals surface area contributed by atoms with Gasteiger partial charge in [-0.25, -0.2) is 0 Å². The van der Waals surface area contributed by atoms with Gasteiger partial charge in [0.25, 0.3) is 0 Å². The van der Waals surface area contributed by atoms with Gasteiger partial charge in [-0.05, 0) is 0 Å². The molecule has 5 nitrogen and oxygen atoms in total. The van der Waals surface area contributed by atoms with Crippen molar-refractivity contribution >= 4 is 0 Å². The van der Waals surface area contributed by atoms with Crippen molar-refractivity contribution in [3.8, 4) is 0 Å². The molecule has 0 saturated heterocycles. The monoisotopic (exact) mass is 552 g/mol. The van der Waals surface area contributed by atoms with Gasteiger partial charge in [0.15, 0.2) is 0 Å². The first kappa shape index (κ1) is 162. The van der Waals surface area contributed by atoms with Gasteiger partial charge in [-0.3, -0.25) is 0 Å². The van der Waals surface area contributed by atoms with Gasteiger partial charge in [0.1, 0.15) is 0 Å². The van der Waals surface area contributed by atoms with Gasteiger partial charge in [0.2, 0.25) is 0 Å². The smallest absolute Gasteiger partial charge is 2.00 e. The van der Waals surface area contributed by atoms with E-state index in [9.17, 15) is 0 Å². The normalized spacial score (nSPS) is 0. The average Bonchev–Trinajstić information content (AvgIpc) is 0. The van der Waals surface area contributed by atoms with Gasteiger partial charge in [-0.2, -0.15) is 0 Å². The van der Waals surface area contributed by atoms with Gasteiger partial charge >= 0.3 is 59.9 Å². The molecule has 0 unspecified atom stereocenters. The molecule has 0 spiro atoms. The zero-order valence-electron chi connectivity index (χ0n) is 2.94. The van der Waals surface area contributed by atoms with E-state index in [-0.39, 0.29) is 87.3 Å². The Morgan fingerprint density at radius 2 is 0.286 bits per heavy atom. The van der Waals surface area contributed by atoms with E-state index in [0.717, 1.165) is 0 Å². The molecule has 0 fully saturated rings. The summed E-state index contributed by atoms with van der Waals surface area (Å²) in [6.45, 7) is 0. The maximum atomic E-state index is 0. The fourth-order valence-electron chi connectivity index (χ4n) is 0. The molecule has 0 saturated carbocycles.